The summed E-state index contributed by atoms with van der Waals surface area (Å²) in [7, 11) is 0. The topological polar surface area (TPSA) is 62.9 Å². The number of hydrogen-bond donors (Lipinski definition) is 2. The Morgan fingerprint density at radius 1 is 1.48 bits per heavy atom. The van der Waals surface area contributed by atoms with E-state index in [0.29, 0.717) is 17.9 Å². The molecule has 1 rings (SSSR count). The van der Waals surface area contributed by atoms with Crippen LogP contribution in [0.25, 0.3) is 0 Å². The summed E-state index contributed by atoms with van der Waals surface area (Å²) in [6, 6.07) is 0.635. The Kier molecular flexibility index (Phi) is 12.4. The summed E-state index contributed by atoms with van der Waals surface area (Å²) in [4.78, 5) is 7.01. The number of aliphatic imine (C=N–C) groups is 1. The summed E-state index contributed by atoms with van der Waals surface area (Å²) in [5, 5.41) is 3.15. The van der Waals surface area contributed by atoms with Crippen LogP contribution in [-0.4, -0.2) is 56.3 Å². The molecule has 1 atom stereocenters. The SMILES string of the molecule is CCOCCCNC(N)=NCC1CCCN(C(C)C)C1.I. The summed E-state index contributed by atoms with van der Waals surface area (Å²) < 4.78 is 5.28. The van der Waals surface area contributed by atoms with Crippen molar-refractivity contribution in [2.24, 2.45) is 16.6 Å². The zero-order valence-corrected chi connectivity index (χ0v) is 16.1. The molecule has 0 aromatic heterocycles. The molecule has 0 saturated carbocycles. The molecule has 6 heteroatoms. The second-order valence-electron chi connectivity index (χ2n) is 5.80. The molecule has 0 aliphatic carbocycles. The summed E-state index contributed by atoms with van der Waals surface area (Å²) in [6.07, 6.45) is 3.51. The Labute approximate surface area is 147 Å². The van der Waals surface area contributed by atoms with Crippen molar-refractivity contribution < 1.29 is 4.74 Å². The highest BCUT2D eigenvalue weighted by atomic mass is 127. The molecule has 3 N–H and O–H groups in total. The monoisotopic (exact) mass is 412 g/mol. The van der Waals surface area contributed by atoms with Crippen molar-refractivity contribution in [3.63, 3.8) is 0 Å². The van der Waals surface area contributed by atoms with Gasteiger partial charge in [0.1, 0.15) is 0 Å². The fourth-order valence-electron chi connectivity index (χ4n) is 2.53. The molecule has 126 valence electrons. The van der Waals surface area contributed by atoms with E-state index in [-0.39, 0.29) is 24.0 Å². The minimum absolute atomic E-state index is 0. The van der Waals surface area contributed by atoms with E-state index in [4.69, 9.17) is 10.5 Å². The Morgan fingerprint density at radius 2 is 2.24 bits per heavy atom. The van der Waals surface area contributed by atoms with Gasteiger partial charge in [-0.25, -0.2) is 0 Å². The van der Waals surface area contributed by atoms with Gasteiger partial charge in [0.15, 0.2) is 5.96 Å². The van der Waals surface area contributed by atoms with Crippen LogP contribution in [0.15, 0.2) is 4.99 Å². The number of piperidine rings is 1. The van der Waals surface area contributed by atoms with Crippen molar-refractivity contribution >= 4 is 29.9 Å². The van der Waals surface area contributed by atoms with Gasteiger partial charge in [0.05, 0.1) is 0 Å². The van der Waals surface area contributed by atoms with Crippen molar-refractivity contribution in [3.05, 3.63) is 0 Å². The van der Waals surface area contributed by atoms with E-state index < -0.39 is 0 Å². The highest BCUT2D eigenvalue weighted by Crippen LogP contribution is 2.18. The maximum Gasteiger partial charge on any atom is 0.188 e. The second kappa shape index (κ2) is 12.5. The minimum atomic E-state index is 0. The van der Waals surface area contributed by atoms with Gasteiger partial charge in [-0.15, -0.1) is 24.0 Å². The number of halogens is 1. The van der Waals surface area contributed by atoms with Crippen LogP contribution < -0.4 is 11.1 Å². The van der Waals surface area contributed by atoms with Gasteiger partial charge in [0.2, 0.25) is 0 Å². The van der Waals surface area contributed by atoms with Crippen molar-refractivity contribution in [1.29, 1.82) is 0 Å². The number of nitrogens with two attached hydrogens (primary N) is 1. The number of rotatable bonds is 8. The molecule has 1 unspecified atom stereocenters. The molecule has 1 aliphatic rings. The van der Waals surface area contributed by atoms with Crippen LogP contribution in [0.4, 0.5) is 0 Å². The smallest absolute Gasteiger partial charge is 0.188 e. The van der Waals surface area contributed by atoms with Crippen molar-refractivity contribution in [1.82, 2.24) is 10.2 Å². The van der Waals surface area contributed by atoms with Crippen molar-refractivity contribution in [2.75, 3.05) is 39.4 Å². The first-order valence-electron chi connectivity index (χ1n) is 7.99. The van der Waals surface area contributed by atoms with Crippen LogP contribution >= 0.6 is 24.0 Å². The molecule has 0 spiro atoms. The number of likely N-dealkylation sites (tertiary alicyclic amines) is 1. The van der Waals surface area contributed by atoms with Crippen molar-refractivity contribution in [2.45, 2.75) is 46.1 Å². The molecule has 0 bridgehead atoms. The fourth-order valence-corrected chi connectivity index (χ4v) is 2.53. The zero-order valence-electron chi connectivity index (χ0n) is 13.8. The summed E-state index contributed by atoms with van der Waals surface area (Å²) >= 11 is 0. The van der Waals surface area contributed by atoms with Crippen LogP contribution in [0.2, 0.25) is 0 Å². The van der Waals surface area contributed by atoms with Gasteiger partial charge >= 0.3 is 0 Å². The molecule has 5 nitrogen and oxygen atoms in total. The lowest BCUT2D eigenvalue weighted by molar-refractivity contribution is 0.143. The van der Waals surface area contributed by atoms with Gasteiger partial charge in [-0.05, 0) is 52.5 Å². The highest BCUT2D eigenvalue weighted by molar-refractivity contribution is 14.0. The van der Waals surface area contributed by atoms with E-state index >= 15 is 0 Å². The molecular formula is C15H33IN4O. The molecule has 0 aromatic rings. The Bertz CT molecular complexity index is 287. The maximum absolute atomic E-state index is 5.88. The van der Waals surface area contributed by atoms with Gasteiger partial charge in [0.25, 0.3) is 0 Å². The lowest BCUT2D eigenvalue weighted by atomic mass is 9.97. The van der Waals surface area contributed by atoms with Gasteiger partial charge in [0, 0.05) is 38.9 Å². The van der Waals surface area contributed by atoms with Crippen LogP contribution in [0.5, 0.6) is 0 Å². The molecule has 1 aliphatic heterocycles. The molecule has 0 aromatic carbocycles. The minimum Gasteiger partial charge on any atom is -0.382 e. The molecule has 0 amide bonds. The van der Waals surface area contributed by atoms with Crippen LogP contribution in [0.3, 0.4) is 0 Å². The van der Waals surface area contributed by atoms with E-state index in [1.165, 1.54) is 19.4 Å². The molecule has 21 heavy (non-hydrogen) atoms. The fraction of sp³-hybridized carbons (Fsp3) is 0.933. The summed E-state index contributed by atoms with van der Waals surface area (Å²) in [5.41, 5.74) is 5.88. The first-order chi connectivity index (χ1) is 9.63. The van der Waals surface area contributed by atoms with E-state index in [0.717, 1.165) is 39.3 Å². The second-order valence-corrected chi connectivity index (χ2v) is 5.80. The van der Waals surface area contributed by atoms with Gasteiger partial charge < -0.3 is 20.7 Å². The quantitative estimate of drug-likeness (QED) is 0.277. The normalized spacial score (nSPS) is 20.4. The third-order valence-electron chi connectivity index (χ3n) is 3.78. The zero-order chi connectivity index (χ0) is 14.8. The first kappa shape index (κ1) is 20.9. The third-order valence-corrected chi connectivity index (χ3v) is 3.78. The van der Waals surface area contributed by atoms with E-state index in [9.17, 15) is 0 Å². The van der Waals surface area contributed by atoms with E-state index in [1.54, 1.807) is 0 Å². The standard InChI is InChI=1S/C15H32N4O.HI/c1-4-20-10-6-8-17-15(16)18-11-14-7-5-9-19(12-14)13(2)3;/h13-14H,4-12H2,1-3H3,(H3,16,17,18);1H. The lowest BCUT2D eigenvalue weighted by Gasteiger charge is -2.34. The predicted molar refractivity (Wildman–Crippen MR) is 100 cm³/mol. The number of ether oxygens (including phenoxy) is 1. The maximum atomic E-state index is 5.88. The molecule has 0 radical (unpaired) electrons. The highest BCUT2D eigenvalue weighted by Gasteiger charge is 2.21. The Morgan fingerprint density at radius 3 is 2.90 bits per heavy atom. The predicted octanol–water partition coefficient (Wildman–Crippen LogP) is 2.06. The van der Waals surface area contributed by atoms with Crippen LogP contribution in [-0.2, 0) is 4.74 Å². The Balaban J connectivity index is 0.00000400. The van der Waals surface area contributed by atoms with Gasteiger partial charge in [-0.1, -0.05) is 0 Å². The number of nitrogens with one attached hydrogen (secondary N) is 1. The number of guanidine groups is 1. The molecule has 1 fully saturated rings. The number of nitrogens with zero attached hydrogens (tertiary/aromatic N) is 2. The largest absolute Gasteiger partial charge is 0.382 e. The van der Waals surface area contributed by atoms with E-state index in [1.807, 2.05) is 6.92 Å². The molecular weight excluding hydrogens is 379 g/mol. The van der Waals surface area contributed by atoms with E-state index in [2.05, 4.69) is 29.1 Å². The van der Waals surface area contributed by atoms with Crippen molar-refractivity contribution in [3.8, 4) is 0 Å². The van der Waals surface area contributed by atoms with Gasteiger partial charge in [-0.3, -0.25) is 4.99 Å². The van der Waals surface area contributed by atoms with Gasteiger partial charge in [-0.2, -0.15) is 0 Å². The summed E-state index contributed by atoms with van der Waals surface area (Å²) in [5.74, 6) is 1.22. The lowest BCUT2D eigenvalue weighted by Crippen LogP contribution is -2.41. The molecule has 1 saturated heterocycles. The average Bonchev–Trinajstić information content (AvgIpc) is 2.45. The third kappa shape index (κ3) is 9.52. The van der Waals surface area contributed by atoms with Crippen LogP contribution in [0.1, 0.15) is 40.0 Å². The first-order valence-corrected chi connectivity index (χ1v) is 7.99. The summed E-state index contributed by atoms with van der Waals surface area (Å²) in [6.45, 7) is 12.1. The average molecular weight is 412 g/mol. The molecule has 1 heterocycles. The Hall–Kier alpha value is -0.0800. The number of hydrogen-bond acceptors (Lipinski definition) is 3. The van der Waals surface area contributed by atoms with Crippen LogP contribution in [0, 0.1) is 5.92 Å².